The van der Waals surface area contributed by atoms with Crippen molar-refractivity contribution in [3.8, 4) is 22.6 Å². The van der Waals surface area contributed by atoms with E-state index in [0.717, 1.165) is 22.6 Å². The molecule has 0 saturated carbocycles. The van der Waals surface area contributed by atoms with E-state index in [4.69, 9.17) is 10.5 Å². The first-order valence-corrected chi connectivity index (χ1v) is 10.5. The normalized spacial score (nSPS) is 10.5. The maximum atomic E-state index is 11.9. The van der Waals surface area contributed by atoms with Crippen molar-refractivity contribution in [2.24, 2.45) is 0 Å². The third kappa shape index (κ3) is 5.25. The van der Waals surface area contributed by atoms with Crippen molar-refractivity contribution in [3.05, 3.63) is 108 Å². The van der Waals surface area contributed by atoms with Gasteiger partial charge in [-0.25, -0.2) is 9.97 Å². The van der Waals surface area contributed by atoms with Gasteiger partial charge in [-0.15, -0.1) is 0 Å². The molecular weight excluding hydrogens is 412 g/mol. The smallest absolute Gasteiger partial charge is 0.185 e. The molecule has 0 amide bonds. The number of hydrogen-bond acceptors (Lipinski definition) is 6. The molecule has 1 heterocycles. The third-order valence-corrected chi connectivity index (χ3v) is 5.03. The maximum absolute atomic E-state index is 11.9. The van der Waals surface area contributed by atoms with Crippen molar-refractivity contribution >= 4 is 17.4 Å². The number of anilines is 2. The lowest BCUT2D eigenvalue weighted by Gasteiger charge is -2.15. The van der Waals surface area contributed by atoms with Crippen molar-refractivity contribution in [2.75, 3.05) is 11.1 Å². The summed E-state index contributed by atoms with van der Waals surface area (Å²) in [7, 11) is 0. The monoisotopic (exact) mass is 436 g/mol. The quantitative estimate of drug-likeness (QED) is 0.268. The second-order valence-corrected chi connectivity index (χ2v) is 7.44. The molecule has 33 heavy (non-hydrogen) atoms. The van der Waals surface area contributed by atoms with Crippen molar-refractivity contribution in [1.29, 1.82) is 0 Å². The number of para-hydroxylation sites is 1. The lowest BCUT2D eigenvalue weighted by molar-refractivity contribution is 0.104. The summed E-state index contributed by atoms with van der Waals surface area (Å²) in [5, 5.41) is 3.35. The highest BCUT2D eigenvalue weighted by atomic mass is 16.5. The number of rotatable bonds is 8. The van der Waals surface area contributed by atoms with Crippen LogP contribution in [-0.4, -0.2) is 15.8 Å². The first-order chi connectivity index (χ1) is 16.0. The van der Waals surface area contributed by atoms with Crippen LogP contribution >= 0.6 is 0 Å². The standard InChI is InChI=1S/C27H24N4O2/c1-3-24(32)21-9-7-8-19(16-21)17-29-27-25(26(28)30-18(2)31-27)20-12-14-23(15-13-20)33-22-10-5-4-6-11-22/h3-16H,1,17H2,2H3,(H3,28,29,30,31). The van der Waals surface area contributed by atoms with Crippen LogP contribution in [0.15, 0.2) is 91.5 Å². The molecule has 0 aliphatic carbocycles. The number of nitrogen functional groups attached to an aromatic ring is 1. The van der Waals surface area contributed by atoms with Gasteiger partial charge in [0.15, 0.2) is 5.78 Å². The fraction of sp³-hybridized carbons (Fsp3) is 0.0741. The molecule has 4 rings (SSSR count). The summed E-state index contributed by atoms with van der Waals surface area (Å²) in [6, 6.07) is 24.6. The molecule has 3 N–H and O–H groups in total. The second kappa shape index (κ2) is 9.78. The van der Waals surface area contributed by atoms with Gasteiger partial charge in [0.25, 0.3) is 0 Å². The summed E-state index contributed by atoms with van der Waals surface area (Å²) >= 11 is 0. The van der Waals surface area contributed by atoms with Crippen LogP contribution in [0.3, 0.4) is 0 Å². The molecule has 0 saturated heterocycles. The van der Waals surface area contributed by atoms with Crippen molar-refractivity contribution < 1.29 is 9.53 Å². The van der Waals surface area contributed by atoms with Crippen LogP contribution in [0.5, 0.6) is 11.5 Å². The van der Waals surface area contributed by atoms with Gasteiger partial charge >= 0.3 is 0 Å². The molecule has 0 radical (unpaired) electrons. The van der Waals surface area contributed by atoms with E-state index in [2.05, 4.69) is 21.9 Å². The Labute approximate surface area is 192 Å². The minimum absolute atomic E-state index is 0.113. The van der Waals surface area contributed by atoms with Gasteiger partial charge in [0.05, 0.1) is 5.56 Å². The Balaban J connectivity index is 1.58. The molecule has 4 aromatic rings. The average molecular weight is 437 g/mol. The number of nitrogens with zero attached hydrogens (tertiary/aromatic N) is 2. The van der Waals surface area contributed by atoms with Crippen LogP contribution in [0.2, 0.25) is 0 Å². The lowest BCUT2D eigenvalue weighted by Crippen LogP contribution is -2.08. The van der Waals surface area contributed by atoms with Crippen LogP contribution in [-0.2, 0) is 6.54 Å². The van der Waals surface area contributed by atoms with Gasteiger partial charge in [-0.2, -0.15) is 0 Å². The first kappa shape index (κ1) is 21.8. The average Bonchev–Trinajstić information content (AvgIpc) is 2.83. The lowest BCUT2D eigenvalue weighted by atomic mass is 10.1. The number of aryl methyl sites for hydroxylation is 1. The van der Waals surface area contributed by atoms with E-state index in [-0.39, 0.29) is 5.78 Å². The van der Waals surface area contributed by atoms with Crippen molar-refractivity contribution in [3.63, 3.8) is 0 Å². The topological polar surface area (TPSA) is 90.1 Å². The molecule has 0 aliphatic rings. The Hall–Kier alpha value is -4.45. The van der Waals surface area contributed by atoms with E-state index in [0.29, 0.717) is 35.1 Å². The Bertz CT molecular complexity index is 1290. The van der Waals surface area contributed by atoms with E-state index in [9.17, 15) is 4.79 Å². The Morgan fingerprint density at radius 1 is 1.00 bits per heavy atom. The predicted molar refractivity (Wildman–Crippen MR) is 131 cm³/mol. The van der Waals surface area contributed by atoms with Crippen LogP contribution < -0.4 is 15.8 Å². The minimum Gasteiger partial charge on any atom is -0.457 e. The number of benzene rings is 3. The van der Waals surface area contributed by atoms with E-state index < -0.39 is 0 Å². The van der Waals surface area contributed by atoms with Crippen LogP contribution in [0.4, 0.5) is 11.6 Å². The summed E-state index contributed by atoms with van der Waals surface area (Å²) in [6.07, 6.45) is 1.31. The molecule has 0 fully saturated rings. The zero-order valence-electron chi connectivity index (χ0n) is 18.3. The number of ether oxygens (including phenoxy) is 1. The van der Waals surface area contributed by atoms with E-state index >= 15 is 0 Å². The molecular formula is C27H24N4O2. The second-order valence-electron chi connectivity index (χ2n) is 7.44. The zero-order chi connectivity index (χ0) is 23.2. The zero-order valence-corrected chi connectivity index (χ0v) is 18.3. The van der Waals surface area contributed by atoms with Gasteiger partial charge in [0.2, 0.25) is 0 Å². The predicted octanol–water partition coefficient (Wildman–Crippen LogP) is 5.81. The highest BCUT2D eigenvalue weighted by Gasteiger charge is 2.14. The summed E-state index contributed by atoms with van der Waals surface area (Å²) in [6.45, 7) is 5.82. The molecule has 1 aromatic heterocycles. The van der Waals surface area contributed by atoms with E-state index in [1.807, 2.05) is 72.8 Å². The molecule has 0 unspecified atom stereocenters. The summed E-state index contributed by atoms with van der Waals surface area (Å²) < 4.78 is 5.88. The summed E-state index contributed by atoms with van der Waals surface area (Å²) in [5.41, 5.74) is 9.40. The van der Waals surface area contributed by atoms with Gasteiger partial charge in [-0.1, -0.05) is 55.1 Å². The SMILES string of the molecule is C=CC(=O)c1cccc(CNc2nc(C)nc(N)c2-c2ccc(Oc3ccccc3)cc2)c1. The Kier molecular flexibility index (Phi) is 6.45. The van der Waals surface area contributed by atoms with Gasteiger partial charge < -0.3 is 15.8 Å². The van der Waals surface area contributed by atoms with Gasteiger partial charge in [-0.3, -0.25) is 4.79 Å². The largest absolute Gasteiger partial charge is 0.457 e. The van der Waals surface area contributed by atoms with Crippen molar-refractivity contribution in [1.82, 2.24) is 9.97 Å². The molecule has 164 valence electrons. The number of ketones is 1. The third-order valence-electron chi connectivity index (χ3n) is 5.03. The fourth-order valence-corrected chi connectivity index (χ4v) is 3.46. The molecule has 3 aromatic carbocycles. The maximum Gasteiger partial charge on any atom is 0.185 e. The van der Waals surface area contributed by atoms with Crippen molar-refractivity contribution in [2.45, 2.75) is 13.5 Å². The molecule has 0 bridgehead atoms. The first-order valence-electron chi connectivity index (χ1n) is 10.5. The number of nitrogens with two attached hydrogens (primary N) is 1. The Morgan fingerprint density at radius 3 is 2.45 bits per heavy atom. The van der Waals surface area contributed by atoms with Crippen LogP contribution in [0.1, 0.15) is 21.7 Å². The molecule has 6 heteroatoms. The molecule has 0 atom stereocenters. The highest BCUT2D eigenvalue weighted by molar-refractivity contribution is 6.04. The molecule has 0 aliphatic heterocycles. The van der Waals surface area contributed by atoms with Crippen LogP contribution in [0.25, 0.3) is 11.1 Å². The van der Waals surface area contributed by atoms with Gasteiger partial charge in [0.1, 0.15) is 29.0 Å². The molecule has 0 spiro atoms. The number of nitrogens with one attached hydrogen (secondary N) is 1. The minimum atomic E-state index is -0.113. The number of hydrogen-bond donors (Lipinski definition) is 2. The van der Waals surface area contributed by atoms with E-state index in [1.165, 1.54) is 6.08 Å². The number of carbonyl (C=O) groups is 1. The van der Waals surface area contributed by atoms with Crippen LogP contribution in [0, 0.1) is 6.92 Å². The number of carbonyl (C=O) groups excluding carboxylic acids is 1. The number of allylic oxidation sites excluding steroid dienone is 1. The summed E-state index contributed by atoms with van der Waals surface area (Å²) in [4.78, 5) is 20.8. The molecule has 6 nitrogen and oxygen atoms in total. The fourth-order valence-electron chi connectivity index (χ4n) is 3.46. The van der Waals surface area contributed by atoms with E-state index in [1.54, 1.807) is 13.0 Å². The van der Waals surface area contributed by atoms with Gasteiger partial charge in [-0.05, 0) is 54.5 Å². The highest BCUT2D eigenvalue weighted by Crippen LogP contribution is 2.33. The van der Waals surface area contributed by atoms with Gasteiger partial charge in [0, 0.05) is 12.1 Å². The Morgan fingerprint density at radius 2 is 1.73 bits per heavy atom. The summed E-state index contributed by atoms with van der Waals surface area (Å²) in [5.74, 6) is 2.95. The number of aromatic nitrogens is 2.